The lowest BCUT2D eigenvalue weighted by Gasteiger charge is -2.27. The Bertz CT molecular complexity index is 1940. The Labute approximate surface area is 256 Å². The molecule has 0 unspecified atom stereocenters. The van der Waals surface area contributed by atoms with Crippen molar-refractivity contribution in [2.24, 2.45) is 13.0 Å². The molecular weight excluding hydrogens is 586 g/mol. The Hall–Kier alpha value is -5.04. The van der Waals surface area contributed by atoms with Crippen molar-refractivity contribution < 1.29 is 14.3 Å². The van der Waals surface area contributed by atoms with Crippen LogP contribution in [0, 0.1) is 5.92 Å². The molecular formula is C30H28ClN9O4. The number of nitrogens with zero attached hydrogens (tertiary/aromatic N) is 8. The summed E-state index contributed by atoms with van der Waals surface area (Å²) >= 11 is 6.34. The fourth-order valence-electron chi connectivity index (χ4n) is 5.84. The molecule has 2 aromatic carbocycles. The number of fused-ring (bicyclic) bond motifs is 6. The number of halogens is 1. The topological polar surface area (TPSA) is 144 Å². The van der Waals surface area contributed by atoms with Gasteiger partial charge in [-0.1, -0.05) is 24.9 Å². The molecule has 1 amide bonds. The molecule has 224 valence electrons. The van der Waals surface area contributed by atoms with E-state index in [1.54, 1.807) is 40.0 Å². The minimum absolute atomic E-state index is 0.0957. The molecule has 3 aromatic heterocycles. The van der Waals surface area contributed by atoms with Crippen LogP contribution in [0.3, 0.4) is 0 Å². The van der Waals surface area contributed by atoms with Gasteiger partial charge in [-0.25, -0.2) is 4.98 Å². The zero-order chi connectivity index (χ0) is 30.4. The van der Waals surface area contributed by atoms with Gasteiger partial charge in [0.2, 0.25) is 5.91 Å². The largest absolute Gasteiger partial charge is 0.486 e. The fraction of sp³-hybridized carbons (Fsp3) is 0.300. The zero-order valence-electron chi connectivity index (χ0n) is 24.0. The van der Waals surface area contributed by atoms with Gasteiger partial charge in [0.15, 0.2) is 11.5 Å². The fourth-order valence-corrected chi connectivity index (χ4v) is 6.01. The maximum Gasteiger partial charge on any atom is 0.254 e. The Morgan fingerprint density at radius 1 is 1.02 bits per heavy atom. The van der Waals surface area contributed by atoms with Crippen LogP contribution in [-0.4, -0.2) is 58.7 Å². The first-order chi connectivity index (χ1) is 21.4. The minimum atomic E-state index is -0.400. The van der Waals surface area contributed by atoms with Crippen LogP contribution in [-0.2, 0) is 11.8 Å². The van der Waals surface area contributed by atoms with Crippen molar-refractivity contribution in [3.63, 3.8) is 0 Å². The summed E-state index contributed by atoms with van der Waals surface area (Å²) in [6.45, 7) is 2.69. The first-order valence-electron chi connectivity index (χ1n) is 14.3. The predicted octanol–water partition coefficient (Wildman–Crippen LogP) is 4.06. The van der Waals surface area contributed by atoms with Crippen LogP contribution < -0.4 is 20.3 Å². The average molecular weight is 614 g/mol. The molecule has 0 aliphatic carbocycles. The van der Waals surface area contributed by atoms with Crippen molar-refractivity contribution in [3.05, 3.63) is 76.2 Å². The lowest BCUT2D eigenvalue weighted by atomic mass is 9.93. The van der Waals surface area contributed by atoms with Gasteiger partial charge >= 0.3 is 0 Å². The van der Waals surface area contributed by atoms with E-state index < -0.39 is 6.04 Å². The van der Waals surface area contributed by atoms with Gasteiger partial charge < -0.3 is 14.8 Å². The molecule has 2 aliphatic heterocycles. The predicted molar refractivity (Wildman–Crippen MR) is 161 cm³/mol. The highest BCUT2D eigenvalue weighted by Crippen LogP contribution is 2.45. The molecule has 2 bridgehead atoms. The second-order valence-electron chi connectivity index (χ2n) is 10.9. The van der Waals surface area contributed by atoms with E-state index in [2.05, 4.69) is 25.9 Å². The molecule has 14 heteroatoms. The molecule has 7 rings (SSSR count). The van der Waals surface area contributed by atoms with Crippen LogP contribution in [0.4, 0.5) is 5.69 Å². The molecule has 44 heavy (non-hydrogen) atoms. The second-order valence-corrected chi connectivity index (χ2v) is 11.3. The summed E-state index contributed by atoms with van der Waals surface area (Å²) in [5.41, 5.74) is 4.25. The van der Waals surface area contributed by atoms with E-state index in [4.69, 9.17) is 26.1 Å². The second kappa shape index (κ2) is 11.2. The van der Waals surface area contributed by atoms with Crippen molar-refractivity contribution in [3.8, 4) is 39.7 Å². The summed E-state index contributed by atoms with van der Waals surface area (Å²) in [6, 6.07) is 10.2. The molecule has 0 spiro atoms. The number of aryl methyl sites for hydroxylation is 1. The number of anilines is 1. The first kappa shape index (κ1) is 27.8. The number of ether oxygens (including phenoxy) is 2. The quantitative estimate of drug-likeness (QED) is 0.318. The van der Waals surface area contributed by atoms with E-state index in [0.29, 0.717) is 82.9 Å². The highest BCUT2D eigenvalue weighted by molar-refractivity contribution is 6.31. The molecule has 0 saturated heterocycles. The molecule has 0 fully saturated rings. The van der Waals surface area contributed by atoms with Gasteiger partial charge in [-0.2, -0.15) is 9.78 Å². The summed E-state index contributed by atoms with van der Waals surface area (Å²) in [5.74, 6) is 0.793. The lowest BCUT2D eigenvalue weighted by Crippen LogP contribution is -2.27. The van der Waals surface area contributed by atoms with Gasteiger partial charge in [-0.3, -0.25) is 18.8 Å². The smallest absolute Gasteiger partial charge is 0.254 e. The van der Waals surface area contributed by atoms with Crippen molar-refractivity contribution >= 4 is 23.2 Å². The average Bonchev–Trinajstić information content (AvgIpc) is 3.68. The number of hydrogen-bond acceptors (Lipinski definition) is 9. The highest BCUT2D eigenvalue weighted by Gasteiger charge is 2.29. The van der Waals surface area contributed by atoms with Crippen molar-refractivity contribution in [2.75, 3.05) is 18.5 Å². The number of carbonyl (C=O) groups excluding carboxylic acids is 1. The summed E-state index contributed by atoms with van der Waals surface area (Å²) in [5, 5.41) is 19.4. The molecule has 2 atom stereocenters. The summed E-state index contributed by atoms with van der Waals surface area (Å²) in [6.07, 6.45) is 6.57. The van der Waals surface area contributed by atoms with Crippen LogP contribution in [0.25, 0.3) is 28.2 Å². The summed E-state index contributed by atoms with van der Waals surface area (Å²) < 4.78 is 17.0. The van der Waals surface area contributed by atoms with Gasteiger partial charge in [-0.05, 0) is 59.2 Å². The van der Waals surface area contributed by atoms with Gasteiger partial charge in [0.1, 0.15) is 19.5 Å². The van der Waals surface area contributed by atoms with E-state index in [9.17, 15) is 9.59 Å². The monoisotopic (exact) mass is 613 g/mol. The first-order valence-corrected chi connectivity index (χ1v) is 14.6. The van der Waals surface area contributed by atoms with Crippen molar-refractivity contribution in [1.29, 1.82) is 0 Å². The molecule has 0 radical (unpaired) electrons. The van der Waals surface area contributed by atoms with Crippen molar-refractivity contribution in [1.82, 2.24) is 39.5 Å². The van der Waals surface area contributed by atoms with E-state index >= 15 is 0 Å². The van der Waals surface area contributed by atoms with Crippen LogP contribution in [0.5, 0.6) is 11.5 Å². The van der Waals surface area contributed by atoms with E-state index in [1.807, 2.05) is 26.1 Å². The maximum absolute atomic E-state index is 13.9. The minimum Gasteiger partial charge on any atom is -0.486 e. The number of nitrogens with one attached hydrogen (secondary N) is 1. The highest BCUT2D eigenvalue weighted by atomic mass is 35.5. The third-order valence-electron chi connectivity index (χ3n) is 8.07. The van der Waals surface area contributed by atoms with Crippen LogP contribution in [0.15, 0.2) is 60.0 Å². The van der Waals surface area contributed by atoms with Gasteiger partial charge in [-0.15, -0.1) is 5.10 Å². The third-order valence-corrected chi connectivity index (χ3v) is 8.30. The number of rotatable bonds is 3. The molecule has 13 nitrogen and oxygen atoms in total. The van der Waals surface area contributed by atoms with Gasteiger partial charge in [0.05, 0.1) is 41.3 Å². The van der Waals surface area contributed by atoms with Gasteiger partial charge in [0.25, 0.3) is 5.56 Å². The van der Waals surface area contributed by atoms with Crippen LogP contribution in [0.1, 0.15) is 37.8 Å². The van der Waals surface area contributed by atoms with Crippen LogP contribution >= 0.6 is 11.6 Å². The zero-order valence-corrected chi connectivity index (χ0v) is 24.7. The molecule has 2 aliphatic rings. The van der Waals surface area contributed by atoms with Gasteiger partial charge in [0, 0.05) is 35.2 Å². The van der Waals surface area contributed by atoms with E-state index in [0.717, 1.165) is 5.56 Å². The van der Waals surface area contributed by atoms with E-state index in [1.165, 1.54) is 17.1 Å². The Morgan fingerprint density at radius 3 is 2.70 bits per heavy atom. The number of amides is 1. The normalized spacial score (nSPS) is 18.1. The maximum atomic E-state index is 13.9. The van der Waals surface area contributed by atoms with Crippen LogP contribution in [0.2, 0.25) is 5.02 Å². The van der Waals surface area contributed by atoms with E-state index in [-0.39, 0.29) is 17.4 Å². The number of tetrazole rings is 1. The number of carbonyl (C=O) groups is 1. The number of benzene rings is 2. The standard InChI is InChI=1S/C30H28ClN9O4/c1-17-4-3-5-24(39-15-32-22(13-27(39)41)20-12-19(31)6-7-25(20)40-16-33-36-37-40)18-10-21(29-26(11-18)43-8-9-44-29)28-23(35-30(17)42)14-34-38(28)2/h6-7,10-17,24H,3-5,8-9H2,1-2H3,(H,35,42)/t17-,24+/m1/s1. The Balaban J connectivity index is 1.37. The third kappa shape index (κ3) is 4.98. The molecule has 5 aromatic rings. The van der Waals surface area contributed by atoms with Crippen molar-refractivity contribution in [2.45, 2.75) is 32.2 Å². The SMILES string of the molecule is C[C@@H]1CCC[C@H](n2cnc(-c3cc(Cl)ccc3-n3cnnn3)cc2=O)c2cc3c(c(c2)-c2c(cnn2C)NC1=O)OCCO3. The number of hydrogen-bond donors (Lipinski definition) is 1. The Kier molecular flexibility index (Phi) is 7.09. The summed E-state index contributed by atoms with van der Waals surface area (Å²) in [4.78, 5) is 31.7. The molecule has 5 heterocycles. The molecule has 0 saturated carbocycles. The number of aromatic nitrogens is 8. The lowest BCUT2D eigenvalue weighted by molar-refractivity contribution is -0.119. The Morgan fingerprint density at radius 2 is 1.89 bits per heavy atom. The molecule has 1 N–H and O–H groups in total. The summed E-state index contributed by atoms with van der Waals surface area (Å²) in [7, 11) is 1.81.